The molecule has 0 radical (unpaired) electrons. The van der Waals surface area contributed by atoms with Crippen LogP contribution in [0.4, 0.5) is 5.69 Å². The molecule has 120 valence electrons. The zero-order valence-corrected chi connectivity index (χ0v) is 14.6. The topological polar surface area (TPSA) is 47.6 Å². The van der Waals surface area contributed by atoms with Gasteiger partial charge >= 0.3 is 0 Å². The number of hydrogen-bond acceptors (Lipinski definition) is 3. The van der Waals surface area contributed by atoms with Crippen molar-refractivity contribution in [2.45, 2.75) is 0 Å². The van der Waals surface area contributed by atoms with E-state index < -0.39 is 0 Å². The molecule has 0 bridgehead atoms. The maximum Gasteiger partial charge on any atom is 0.262 e. The van der Waals surface area contributed by atoms with E-state index in [-0.39, 0.29) is 12.5 Å². The van der Waals surface area contributed by atoms with Crippen LogP contribution in [0.15, 0.2) is 59.6 Å². The number of carbonyl (C=O) groups excluding carboxylic acids is 1. The van der Waals surface area contributed by atoms with Crippen molar-refractivity contribution in [2.75, 3.05) is 18.5 Å². The van der Waals surface area contributed by atoms with Gasteiger partial charge in [0, 0.05) is 4.47 Å². The van der Waals surface area contributed by atoms with Crippen LogP contribution in [0.3, 0.4) is 0 Å². The lowest BCUT2D eigenvalue weighted by Crippen LogP contribution is -2.20. The SMILES string of the molecule is C=CCOc1ccccc1NC(=O)COc1ccc(Br)cc1Cl. The Morgan fingerprint density at radius 1 is 1.22 bits per heavy atom. The Balaban J connectivity index is 1.96. The largest absolute Gasteiger partial charge is 0.487 e. The van der Waals surface area contributed by atoms with E-state index in [0.717, 1.165) is 4.47 Å². The second kappa shape index (κ2) is 8.60. The molecule has 0 aliphatic rings. The second-order valence-electron chi connectivity index (χ2n) is 4.51. The summed E-state index contributed by atoms with van der Waals surface area (Å²) in [7, 11) is 0. The fourth-order valence-corrected chi connectivity index (χ4v) is 2.49. The van der Waals surface area contributed by atoms with Crippen molar-refractivity contribution in [1.82, 2.24) is 0 Å². The number of benzene rings is 2. The molecule has 0 heterocycles. The molecular formula is C17H15BrClNO3. The van der Waals surface area contributed by atoms with Crippen LogP contribution >= 0.6 is 27.5 Å². The Kier molecular flexibility index (Phi) is 6.50. The maximum atomic E-state index is 12.0. The Morgan fingerprint density at radius 3 is 2.74 bits per heavy atom. The van der Waals surface area contributed by atoms with Gasteiger partial charge in [-0.3, -0.25) is 4.79 Å². The van der Waals surface area contributed by atoms with Crippen LogP contribution in [-0.2, 0) is 4.79 Å². The van der Waals surface area contributed by atoms with Gasteiger partial charge in [-0.15, -0.1) is 0 Å². The summed E-state index contributed by atoms with van der Waals surface area (Å²) >= 11 is 9.35. The number of ether oxygens (including phenoxy) is 2. The lowest BCUT2D eigenvalue weighted by atomic mass is 10.3. The monoisotopic (exact) mass is 395 g/mol. The van der Waals surface area contributed by atoms with Gasteiger partial charge in [-0.05, 0) is 30.3 Å². The summed E-state index contributed by atoms with van der Waals surface area (Å²) in [5.74, 6) is 0.710. The summed E-state index contributed by atoms with van der Waals surface area (Å²) in [6.07, 6.45) is 1.64. The Morgan fingerprint density at radius 2 is 2.00 bits per heavy atom. The highest BCUT2D eigenvalue weighted by Crippen LogP contribution is 2.28. The van der Waals surface area contributed by atoms with Crippen LogP contribution in [0.2, 0.25) is 5.02 Å². The third-order valence-corrected chi connectivity index (χ3v) is 3.56. The van der Waals surface area contributed by atoms with Crippen LogP contribution in [0, 0.1) is 0 Å². The smallest absolute Gasteiger partial charge is 0.262 e. The number of para-hydroxylation sites is 2. The summed E-state index contributed by atoms with van der Waals surface area (Å²) in [5.41, 5.74) is 0.574. The molecule has 6 heteroatoms. The number of rotatable bonds is 7. The van der Waals surface area contributed by atoms with Gasteiger partial charge in [0.2, 0.25) is 0 Å². The molecule has 0 atom stereocenters. The molecule has 2 aromatic rings. The zero-order chi connectivity index (χ0) is 16.7. The number of carbonyl (C=O) groups is 1. The molecule has 2 rings (SSSR count). The van der Waals surface area contributed by atoms with Crippen molar-refractivity contribution < 1.29 is 14.3 Å². The summed E-state index contributed by atoms with van der Waals surface area (Å²) in [6.45, 7) is 3.80. The molecular weight excluding hydrogens is 382 g/mol. The molecule has 0 saturated carbocycles. The van der Waals surface area contributed by atoms with Crippen LogP contribution in [-0.4, -0.2) is 19.1 Å². The van der Waals surface area contributed by atoms with Crippen LogP contribution in [0.1, 0.15) is 0 Å². The first-order chi connectivity index (χ1) is 11.1. The minimum atomic E-state index is -0.307. The van der Waals surface area contributed by atoms with E-state index in [1.165, 1.54) is 0 Å². The van der Waals surface area contributed by atoms with Crippen molar-refractivity contribution in [2.24, 2.45) is 0 Å². The first-order valence-corrected chi connectivity index (χ1v) is 7.97. The minimum Gasteiger partial charge on any atom is -0.487 e. The average Bonchev–Trinajstić information content (AvgIpc) is 2.53. The van der Waals surface area contributed by atoms with Crippen LogP contribution in [0.5, 0.6) is 11.5 Å². The Hall–Kier alpha value is -1.98. The zero-order valence-electron chi connectivity index (χ0n) is 12.2. The third-order valence-electron chi connectivity index (χ3n) is 2.77. The van der Waals surface area contributed by atoms with Gasteiger partial charge < -0.3 is 14.8 Å². The van der Waals surface area contributed by atoms with Crippen molar-refractivity contribution >= 4 is 39.1 Å². The number of anilines is 1. The van der Waals surface area contributed by atoms with E-state index in [9.17, 15) is 4.79 Å². The second-order valence-corrected chi connectivity index (χ2v) is 5.83. The molecule has 0 unspecified atom stereocenters. The van der Waals surface area contributed by atoms with E-state index in [1.807, 2.05) is 12.1 Å². The van der Waals surface area contributed by atoms with Gasteiger partial charge in [-0.25, -0.2) is 0 Å². The molecule has 2 aromatic carbocycles. The molecule has 0 spiro atoms. The summed E-state index contributed by atoms with van der Waals surface area (Å²) in [5, 5.41) is 3.18. The molecule has 0 aromatic heterocycles. The number of halogens is 2. The predicted octanol–water partition coefficient (Wildman–Crippen LogP) is 4.68. The minimum absolute atomic E-state index is 0.156. The lowest BCUT2D eigenvalue weighted by Gasteiger charge is -2.12. The quantitative estimate of drug-likeness (QED) is 0.691. The first kappa shape index (κ1) is 17.4. The van der Waals surface area contributed by atoms with Gasteiger partial charge in [0.1, 0.15) is 18.1 Å². The predicted molar refractivity (Wildman–Crippen MR) is 95.4 cm³/mol. The lowest BCUT2D eigenvalue weighted by molar-refractivity contribution is -0.118. The van der Waals surface area contributed by atoms with E-state index >= 15 is 0 Å². The van der Waals surface area contributed by atoms with E-state index in [1.54, 1.807) is 36.4 Å². The summed E-state index contributed by atoms with van der Waals surface area (Å²) < 4.78 is 11.7. The van der Waals surface area contributed by atoms with E-state index in [4.69, 9.17) is 21.1 Å². The third kappa shape index (κ3) is 5.30. The highest BCUT2D eigenvalue weighted by Gasteiger charge is 2.09. The molecule has 1 amide bonds. The van der Waals surface area contributed by atoms with Crippen LogP contribution < -0.4 is 14.8 Å². The van der Waals surface area contributed by atoms with Gasteiger partial charge in [-0.2, -0.15) is 0 Å². The van der Waals surface area contributed by atoms with E-state index in [0.29, 0.717) is 28.8 Å². The van der Waals surface area contributed by atoms with Gasteiger partial charge in [0.15, 0.2) is 6.61 Å². The number of nitrogens with one attached hydrogen (secondary N) is 1. The Bertz CT molecular complexity index is 706. The van der Waals surface area contributed by atoms with Gasteiger partial charge in [0.05, 0.1) is 10.7 Å². The molecule has 0 aliphatic heterocycles. The number of hydrogen-bond donors (Lipinski definition) is 1. The highest BCUT2D eigenvalue weighted by atomic mass is 79.9. The van der Waals surface area contributed by atoms with Crippen molar-refractivity contribution in [3.8, 4) is 11.5 Å². The Labute approximate surface area is 148 Å². The normalized spacial score (nSPS) is 10.0. The first-order valence-electron chi connectivity index (χ1n) is 6.80. The highest BCUT2D eigenvalue weighted by molar-refractivity contribution is 9.10. The molecule has 23 heavy (non-hydrogen) atoms. The summed E-state index contributed by atoms with van der Waals surface area (Å²) in [6, 6.07) is 12.3. The maximum absolute atomic E-state index is 12.0. The summed E-state index contributed by atoms with van der Waals surface area (Å²) in [4.78, 5) is 12.0. The van der Waals surface area contributed by atoms with E-state index in [2.05, 4.69) is 27.8 Å². The van der Waals surface area contributed by atoms with Crippen molar-refractivity contribution in [1.29, 1.82) is 0 Å². The van der Waals surface area contributed by atoms with Crippen molar-refractivity contribution in [3.05, 3.63) is 64.6 Å². The number of amides is 1. The van der Waals surface area contributed by atoms with Gasteiger partial charge in [0.25, 0.3) is 5.91 Å². The van der Waals surface area contributed by atoms with Gasteiger partial charge in [-0.1, -0.05) is 52.3 Å². The molecule has 0 fully saturated rings. The molecule has 4 nitrogen and oxygen atoms in total. The standard InChI is InChI=1S/C17H15BrClNO3/c1-2-9-22-16-6-4-3-5-14(16)20-17(21)11-23-15-8-7-12(18)10-13(15)19/h2-8,10H,1,9,11H2,(H,20,21). The molecule has 1 N–H and O–H groups in total. The van der Waals surface area contributed by atoms with Crippen LogP contribution in [0.25, 0.3) is 0 Å². The molecule has 0 saturated heterocycles. The molecule has 0 aliphatic carbocycles. The van der Waals surface area contributed by atoms with Crippen molar-refractivity contribution in [3.63, 3.8) is 0 Å². The average molecular weight is 397 g/mol. The fraction of sp³-hybridized carbons (Fsp3) is 0.118. The fourth-order valence-electron chi connectivity index (χ4n) is 1.77.